The summed E-state index contributed by atoms with van der Waals surface area (Å²) in [5.41, 5.74) is 5.25. The molecule has 0 fully saturated rings. The van der Waals surface area contributed by atoms with Gasteiger partial charge in [-0.05, 0) is 46.9 Å². The lowest BCUT2D eigenvalue weighted by Crippen LogP contribution is -2.19. The minimum Gasteiger partial charge on any atom is -0.448 e. The van der Waals surface area contributed by atoms with Crippen LogP contribution in [0, 0.1) is 6.92 Å². The predicted octanol–water partition coefficient (Wildman–Crippen LogP) is 5.28. The van der Waals surface area contributed by atoms with Crippen LogP contribution < -0.4 is 5.32 Å². The summed E-state index contributed by atoms with van der Waals surface area (Å²) in [6.07, 6.45) is -0.739. The maximum Gasteiger partial charge on any atom is 0.411 e. The number of halogens is 1. The molecule has 3 aromatic rings. The number of amides is 1. The Morgan fingerprint density at radius 2 is 1.59 bits per heavy atom. The van der Waals surface area contributed by atoms with Crippen LogP contribution >= 0.6 is 10.7 Å². The van der Waals surface area contributed by atoms with E-state index in [4.69, 9.17) is 15.4 Å². The minimum absolute atomic E-state index is 0.0811. The third-order valence-corrected chi connectivity index (χ3v) is 6.34. The quantitative estimate of drug-likeness (QED) is 0.574. The molecule has 0 radical (unpaired) electrons. The van der Waals surface area contributed by atoms with Gasteiger partial charge < -0.3 is 4.74 Å². The van der Waals surface area contributed by atoms with Crippen LogP contribution in [0.4, 0.5) is 10.5 Å². The summed E-state index contributed by atoms with van der Waals surface area (Å²) in [6, 6.07) is 20.6. The Morgan fingerprint density at radius 1 is 1.00 bits per heavy atom. The Kier molecular flexibility index (Phi) is 5.06. The van der Waals surface area contributed by atoms with Gasteiger partial charge in [0, 0.05) is 16.6 Å². The Morgan fingerprint density at radius 3 is 2.17 bits per heavy atom. The Hall–Kier alpha value is -2.83. The predicted molar refractivity (Wildman–Crippen MR) is 113 cm³/mol. The van der Waals surface area contributed by atoms with Crippen LogP contribution in [-0.2, 0) is 13.8 Å². The summed E-state index contributed by atoms with van der Waals surface area (Å²) < 4.78 is 29.1. The number of benzene rings is 3. The van der Waals surface area contributed by atoms with E-state index in [1.165, 1.54) is 12.1 Å². The number of carbonyl (C=O) groups excluding carboxylic acids is 1. The summed E-state index contributed by atoms with van der Waals surface area (Å²) in [7, 11) is 1.48. The molecule has 0 saturated carbocycles. The van der Waals surface area contributed by atoms with Gasteiger partial charge in [0.25, 0.3) is 9.05 Å². The highest BCUT2D eigenvalue weighted by Crippen LogP contribution is 2.44. The van der Waals surface area contributed by atoms with Crippen LogP contribution in [0.3, 0.4) is 0 Å². The number of fused-ring (bicyclic) bond motifs is 3. The largest absolute Gasteiger partial charge is 0.448 e. The molecule has 1 aliphatic carbocycles. The molecule has 0 unspecified atom stereocenters. The van der Waals surface area contributed by atoms with Gasteiger partial charge >= 0.3 is 6.09 Å². The topological polar surface area (TPSA) is 72.5 Å². The minimum atomic E-state index is -4.01. The van der Waals surface area contributed by atoms with E-state index < -0.39 is 15.1 Å². The standard InChI is InChI=1S/C22H18ClNO4S/c1-14-10-11-20(21(12-14)29(23,26)27)24-22(25)28-13-19-17-8-4-2-6-15(17)16-7-3-5-9-18(16)19/h2-12,19H,13H2,1H3,(H,24,25). The van der Waals surface area contributed by atoms with Gasteiger partial charge in [-0.3, -0.25) is 5.32 Å². The molecule has 1 aliphatic rings. The van der Waals surface area contributed by atoms with Crippen LogP contribution in [0.5, 0.6) is 0 Å². The fraction of sp³-hybridized carbons (Fsp3) is 0.136. The first-order valence-corrected chi connectivity index (χ1v) is 11.3. The molecule has 5 nitrogen and oxygen atoms in total. The average molecular weight is 428 g/mol. The summed E-state index contributed by atoms with van der Waals surface area (Å²) >= 11 is 0. The molecular weight excluding hydrogens is 410 g/mol. The van der Waals surface area contributed by atoms with E-state index in [2.05, 4.69) is 17.4 Å². The highest BCUT2D eigenvalue weighted by molar-refractivity contribution is 8.13. The van der Waals surface area contributed by atoms with Crippen LogP contribution in [0.15, 0.2) is 71.6 Å². The third-order valence-electron chi connectivity index (χ3n) is 4.98. The van der Waals surface area contributed by atoms with Gasteiger partial charge in [0.1, 0.15) is 11.5 Å². The van der Waals surface area contributed by atoms with Crippen molar-refractivity contribution in [3.8, 4) is 11.1 Å². The van der Waals surface area contributed by atoms with Crippen molar-refractivity contribution in [1.29, 1.82) is 0 Å². The summed E-state index contributed by atoms with van der Waals surface area (Å²) in [4.78, 5) is 12.2. The first-order valence-electron chi connectivity index (χ1n) is 9.02. The van der Waals surface area contributed by atoms with E-state index in [0.29, 0.717) is 5.56 Å². The summed E-state index contributed by atoms with van der Waals surface area (Å²) in [6.45, 7) is 1.87. The number of hydrogen-bond donors (Lipinski definition) is 1. The molecule has 1 N–H and O–H groups in total. The second kappa shape index (κ2) is 7.54. The molecule has 0 aromatic heterocycles. The zero-order valence-corrected chi connectivity index (χ0v) is 17.1. The van der Waals surface area contributed by atoms with Crippen LogP contribution in [0.25, 0.3) is 11.1 Å². The van der Waals surface area contributed by atoms with E-state index in [0.717, 1.165) is 22.3 Å². The summed E-state index contributed by atoms with van der Waals surface area (Å²) in [5.74, 6) is -0.0811. The first-order chi connectivity index (χ1) is 13.8. The average Bonchev–Trinajstić information content (AvgIpc) is 3.01. The molecule has 0 spiro atoms. The van der Waals surface area contributed by atoms with E-state index in [1.807, 2.05) is 36.4 Å². The molecular formula is C22H18ClNO4S. The number of ether oxygens (including phenoxy) is 1. The molecule has 4 rings (SSSR count). The molecule has 148 valence electrons. The normalized spacial score (nSPS) is 12.9. The highest BCUT2D eigenvalue weighted by Gasteiger charge is 2.29. The van der Waals surface area contributed by atoms with Crippen LogP contribution in [0.2, 0.25) is 0 Å². The Balaban J connectivity index is 1.53. The van der Waals surface area contributed by atoms with Crippen LogP contribution in [-0.4, -0.2) is 21.1 Å². The highest BCUT2D eigenvalue weighted by atomic mass is 35.7. The fourth-order valence-corrected chi connectivity index (χ4v) is 4.77. The van der Waals surface area contributed by atoms with Crippen molar-refractivity contribution in [2.24, 2.45) is 0 Å². The molecule has 3 aromatic carbocycles. The maximum absolute atomic E-state index is 12.4. The van der Waals surface area contributed by atoms with E-state index in [9.17, 15) is 13.2 Å². The fourth-order valence-electron chi connectivity index (χ4n) is 3.68. The lowest BCUT2D eigenvalue weighted by molar-refractivity contribution is 0.158. The molecule has 0 saturated heterocycles. The molecule has 7 heteroatoms. The zero-order chi connectivity index (χ0) is 20.6. The van der Waals surface area contributed by atoms with Crippen molar-refractivity contribution in [1.82, 2.24) is 0 Å². The number of aryl methyl sites for hydroxylation is 1. The third kappa shape index (κ3) is 3.86. The smallest absolute Gasteiger partial charge is 0.411 e. The van der Waals surface area contributed by atoms with Gasteiger partial charge in [0.15, 0.2) is 0 Å². The van der Waals surface area contributed by atoms with Gasteiger partial charge in [0.2, 0.25) is 0 Å². The number of rotatable bonds is 4. The Labute approximate surface area is 173 Å². The van der Waals surface area contributed by atoms with Gasteiger partial charge in [0.05, 0.1) is 5.69 Å². The van der Waals surface area contributed by atoms with Crippen molar-refractivity contribution >= 4 is 31.5 Å². The van der Waals surface area contributed by atoms with E-state index in [1.54, 1.807) is 13.0 Å². The van der Waals surface area contributed by atoms with Crippen LogP contribution in [0.1, 0.15) is 22.6 Å². The van der Waals surface area contributed by atoms with Gasteiger partial charge in [-0.1, -0.05) is 54.6 Å². The number of nitrogens with one attached hydrogen (secondary N) is 1. The first kappa shape index (κ1) is 19.5. The van der Waals surface area contributed by atoms with Crippen molar-refractivity contribution < 1.29 is 17.9 Å². The lowest BCUT2D eigenvalue weighted by Gasteiger charge is -2.15. The van der Waals surface area contributed by atoms with Crippen molar-refractivity contribution in [3.63, 3.8) is 0 Å². The van der Waals surface area contributed by atoms with Crippen molar-refractivity contribution in [3.05, 3.63) is 83.4 Å². The second-order valence-corrected chi connectivity index (χ2v) is 9.42. The number of anilines is 1. The van der Waals surface area contributed by atoms with Gasteiger partial charge in [-0.15, -0.1) is 0 Å². The number of carbonyl (C=O) groups is 1. The van der Waals surface area contributed by atoms with Gasteiger partial charge in [-0.2, -0.15) is 0 Å². The molecule has 0 aliphatic heterocycles. The molecule has 0 atom stereocenters. The molecule has 0 heterocycles. The molecule has 1 amide bonds. The SMILES string of the molecule is Cc1ccc(NC(=O)OCC2c3ccccc3-c3ccccc32)c(S(=O)(=O)Cl)c1. The van der Waals surface area contributed by atoms with Crippen molar-refractivity contribution in [2.75, 3.05) is 11.9 Å². The monoisotopic (exact) mass is 427 g/mol. The second-order valence-electron chi connectivity index (χ2n) is 6.89. The lowest BCUT2D eigenvalue weighted by atomic mass is 9.98. The van der Waals surface area contributed by atoms with E-state index >= 15 is 0 Å². The molecule has 0 bridgehead atoms. The van der Waals surface area contributed by atoms with Crippen molar-refractivity contribution in [2.45, 2.75) is 17.7 Å². The molecule has 29 heavy (non-hydrogen) atoms. The zero-order valence-electron chi connectivity index (χ0n) is 15.6. The maximum atomic E-state index is 12.4. The summed E-state index contributed by atoms with van der Waals surface area (Å²) in [5, 5.41) is 2.49. The van der Waals surface area contributed by atoms with E-state index in [-0.39, 0.29) is 23.1 Å². The van der Waals surface area contributed by atoms with Gasteiger partial charge in [-0.25, -0.2) is 13.2 Å². The Bertz CT molecular complexity index is 1160. The number of hydrogen-bond acceptors (Lipinski definition) is 4.